The highest BCUT2D eigenvalue weighted by atomic mass is 16.5. The summed E-state index contributed by atoms with van der Waals surface area (Å²) in [6, 6.07) is 13.5. The molecule has 0 unspecified atom stereocenters. The third-order valence-electron chi connectivity index (χ3n) is 4.04. The summed E-state index contributed by atoms with van der Waals surface area (Å²) in [5.41, 5.74) is 3.22. The fourth-order valence-corrected chi connectivity index (χ4v) is 2.91. The predicted octanol–water partition coefficient (Wildman–Crippen LogP) is 2.99. The summed E-state index contributed by atoms with van der Waals surface area (Å²) in [6.07, 6.45) is 1.73. The van der Waals surface area contributed by atoms with Gasteiger partial charge in [-0.15, -0.1) is 0 Å². The van der Waals surface area contributed by atoms with E-state index in [1.54, 1.807) is 32.4 Å². The molecule has 5 nitrogen and oxygen atoms in total. The van der Waals surface area contributed by atoms with Crippen LogP contribution in [0.3, 0.4) is 0 Å². The Balaban J connectivity index is 1.62. The van der Waals surface area contributed by atoms with Gasteiger partial charge in [-0.05, 0) is 36.1 Å². The summed E-state index contributed by atoms with van der Waals surface area (Å²) in [5.74, 6) is 1.24. The van der Waals surface area contributed by atoms with E-state index < -0.39 is 0 Å². The summed E-state index contributed by atoms with van der Waals surface area (Å²) >= 11 is 0. The number of hydrogen-bond donors (Lipinski definition) is 2. The zero-order valence-electron chi connectivity index (χ0n) is 13.3. The molecule has 0 spiro atoms. The van der Waals surface area contributed by atoms with Gasteiger partial charge in [-0.2, -0.15) is 0 Å². The van der Waals surface area contributed by atoms with Gasteiger partial charge in [-0.1, -0.05) is 24.3 Å². The lowest BCUT2D eigenvalue weighted by Crippen LogP contribution is -2.38. The number of carbonyl (C=O) groups is 1. The Morgan fingerprint density at radius 1 is 1.04 bits per heavy atom. The van der Waals surface area contributed by atoms with E-state index >= 15 is 0 Å². The number of rotatable bonds is 4. The first kappa shape index (κ1) is 15.2. The average molecular weight is 312 g/mol. The quantitative estimate of drug-likeness (QED) is 0.912. The van der Waals surface area contributed by atoms with Crippen LogP contribution in [0.4, 0.5) is 10.5 Å². The van der Waals surface area contributed by atoms with Crippen LogP contribution in [-0.2, 0) is 12.8 Å². The first-order chi connectivity index (χ1) is 11.2. The molecule has 0 aliphatic heterocycles. The molecule has 2 aromatic carbocycles. The molecule has 5 heteroatoms. The summed E-state index contributed by atoms with van der Waals surface area (Å²) in [5, 5.41) is 5.85. The molecule has 0 aromatic heterocycles. The number of hydrogen-bond acceptors (Lipinski definition) is 3. The van der Waals surface area contributed by atoms with Crippen LogP contribution in [0.1, 0.15) is 11.1 Å². The Hall–Kier alpha value is -2.69. The molecule has 0 radical (unpaired) electrons. The molecule has 0 saturated heterocycles. The van der Waals surface area contributed by atoms with Crippen LogP contribution in [0, 0.1) is 0 Å². The molecular weight excluding hydrogens is 292 g/mol. The van der Waals surface area contributed by atoms with Gasteiger partial charge >= 0.3 is 6.03 Å². The van der Waals surface area contributed by atoms with E-state index in [1.165, 1.54) is 11.1 Å². The van der Waals surface area contributed by atoms with E-state index in [4.69, 9.17) is 9.47 Å². The van der Waals surface area contributed by atoms with Gasteiger partial charge in [0.2, 0.25) is 0 Å². The minimum Gasteiger partial charge on any atom is -0.497 e. The minimum atomic E-state index is -0.230. The number of amides is 2. The van der Waals surface area contributed by atoms with Gasteiger partial charge < -0.3 is 20.1 Å². The van der Waals surface area contributed by atoms with Crippen molar-refractivity contribution in [1.29, 1.82) is 0 Å². The Kier molecular flexibility index (Phi) is 4.37. The van der Waals surface area contributed by atoms with E-state index in [0.717, 1.165) is 12.8 Å². The van der Waals surface area contributed by atoms with Crippen molar-refractivity contribution in [3.05, 3.63) is 53.6 Å². The third-order valence-corrected chi connectivity index (χ3v) is 4.04. The van der Waals surface area contributed by atoms with Crippen molar-refractivity contribution in [2.24, 2.45) is 0 Å². The zero-order valence-corrected chi connectivity index (χ0v) is 13.3. The van der Waals surface area contributed by atoms with Gasteiger partial charge in [0.25, 0.3) is 0 Å². The van der Waals surface area contributed by atoms with Gasteiger partial charge in [0, 0.05) is 12.1 Å². The number of ether oxygens (including phenoxy) is 2. The van der Waals surface area contributed by atoms with Gasteiger partial charge in [0.1, 0.15) is 11.5 Å². The molecule has 0 atom stereocenters. The maximum absolute atomic E-state index is 12.2. The average Bonchev–Trinajstić information content (AvgIpc) is 2.97. The van der Waals surface area contributed by atoms with E-state index in [0.29, 0.717) is 17.2 Å². The molecule has 0 fully saturated rings. The molecular formula is C18H20N2O3. The van der Waals surface area contributed by atoms with Crippen LogP contribution < -0.4 is 20.1 Å². The maximum atomic E-state index is 12.2. The van der Waals surface area contributed by atoms with Crippen LogP contribution in [-0.4, -0.2) is 26.3 Å². The van der Waals surface area contributed by atoms with Gasteiger partial charge in [0.15, 0.2) is 0 Å². The number of urea groups is 1. The molecule has 3 rings (SSSR count). The summed E-state index contributed by atoms with van der Waals surface area (Å²) in [6.45, 7) is 0. The molecule has 23 heavy (non-hydrogen) atoms. The van der Waals surface area contributed by atoms with Crippen LogP contribution in [0.25, 0.3) is 0 Å². The molecule has 0 heterocycles. The lowest BCUT2D eigenvalue weighted by Gasteiger charge is -2.15. The van der Waals surface area contributed by atoms with Gasteiger partial charge in [0.05, 0.1) is 19.9 Å². The minimum absolute atomic E-state index is 0.122. The molecule has 2 amide bonds. The smallest absolute Gasteiger partial charge is 0.319 e. The Morgan fingerprint density at radius 2 is 1.74 bits per heavy atom. The van der Waals surface area contributed by atoms with E-state index in [-0.39, 0.29) is 12.1 Å². The standard InChI is InChI=1S/C18H20N2O3/c1-22-15-7-8-16(17(11-15)23-2)20-18(21)19-14-9-12-5-3-4-6-13(12)10-14/h3-8,11,14H,9-10H2,1-2H3,(H2,19,20,21). The van der Waals surface area contributed by atoms with Gasteiger partial charge in [-0.25, -0.2) is 4.79 Å². The second-order valence-corrected chi connectivity index (χ2v) is 5.54. The number of nitrogens with one attached hydrogen (secondary N) is 2. The van der Waals surface area contributed by atoms with Crippen LogP contribution >= 0.6 is 0 Å². The molecule has 1 aliphatic carbocycles. The highest BCUT2D eigenvalue weighted by Gasteiger charge is 2.22. The number of benzene rings is 2. The fraction of sp³-hybridized carbons (Fsp3) is 0.278. The second kappa shape index (κ2) is 6.60. The van der Waals surface area contributed by atoms with Crippen molar-refractivity contribution in [2.75, 3.05) is 19.5 Å². The summed E-state index contributed by atoms with van der Waals surface area (Å²) in [7, 11) is 3.15. The van der Waals surface area contributed by atoms with Crippen molar-refractivity contribution in [3.63, 3.8) is 0 Å². The monoisotopic (exact) mass is 312 g/mol. The van der Waals surface area contributed by atoms with Crippen molar-refractivity contribution in [1.82, 2.24) is 5.32 Å². The number of carbonyl (C=O) groups excluding carboxylic acids is 1. The first-order valence-electron chi connectivity index (χ1n) is 7.56. The van der Waals surface area contributed by atoms with E-state index in [2.05, 4.69) is 22.8 Å². The lowest BCUT2D eigenvalue weighted by molar-refractivity contribution is 0.248. The lowest BCUT2D eigenvalue weighted by atomic mass is 10.1. The molecule has 120 valence electrons. The predicted molar refractivity (Wildman–Crippen MR) is 89.3 cm³/mol. The number of fused-ring (bicyclic) bond motifs is 1. The van der Waals surface area contributed by atoms with Crippen LogP contribution in [0.15, 0.2) is 42.5 Å². The third kappa shape index (κ3) is 3.39. The van der Waals surface area contributed by atoms with Crippen LogP contribution in [0.2, 0.25) is 0 Å². The normalized spacial score (nSPS) is 13.3. The number of methoxy groups -OCH3 is 2. The Labute approximate surface area is 135 Å². The number of anilines is 1. The van der Waals surface area contributed by atoms with Crippen molar-refractivity contribution < 1.29 is 14.3 Å². The summed E-state index contributed by atoms with van der Waals surface area (Å²) in [4.78, 5) is 12.2. The molecule has 0 bridgehead atoms. The van der Waals surface area contributed by atoms with Gasteiger partial charge in [-0.3, -0.25) is 0 Å². The van der Waals surface area contributed by atoms with E-state index in [9.17, 15) is 4.79 Å². The van der Waals surface area contributed by atoms with E-state index in [1.807, 2.05) is 12.1 Å². The van der Waals surface area contributed by atoms with Crippen molar-refractivity contribution in [3.8, 4) is 11.5 Å². The topological polar surface area (TPSA) is 59.6 Å². The highest BCUT2D eigenvalue weighted by Crippen LogP contribution is 2.29. The second-order valence-electron chi connectivity index (χ2n) is 5.54. The SMILES string of the molecule is COc1ccc(NC(=O)NC2Cc3ccccc3C2)c(OC)c1. The Morgan fingerprint density at radius 3 is 2.35 bits per heavy atom. The molecule has 2 aromatic rings. The van der Waals surface area contributed by atoms with Crippen molar-refractivity contribution >= 4 is 11.7 Å². The molecule has 0 saturated carbocycles. The highest BCUT2D eigenvalue weighted by molar-refractivity contribution is 5.91. The molecule has 1 aliphatic rings. The van der Waals surface area contributed by atoms with Crippen molar-refractivity contribution in [2.45, 2.75) is 18.9 Å². The first-order valence-corrected chi connectivity index (χ1v) is 7.56. The Bertz CT molecular complexity index is 690. The zero-order chi connectivity index (χ0) is 16.2. The largest absolute Gasteiger partial charge is 0.497 e. The van der Waals surface area contributed by atoms with Crippen LogP contribution in [0.5, 0.6) is 11.5 Å². The maximum Gasteiger partial charge on any atom is 0.319 e. The molecule has 2 N–H and O–H groups in total. The summed E-state index contributed by atoms with van der Waals surface area (Å²) < 4.78 is 10.4. The fourth-order valence-electron chi connectivity index (χ4n) is 2.91.